The number of aromatic nitrogens is 3. The van der Waals surface area contributed by atoms with E-state index in [9.17, 15) is 0 Å². The summed E-state index contributed by atoms with van der Waals surface area (Å²) >= 11 is 0. The second kappa shape index (κ2) is 5.43. The molecule has 0 aliphatic heterocycles. The summed E-state index contributed by atoms with van der Waals surface area (Å²) in [7, 11) is 0. The summed E-state index contributed by atoms with van der Waals surface area (Å²) in [5, 5.41) is 15.1. The molecule has 0 aliphatic carbocycles. The van der Waals surface area contributed by atoms with Crippen molar-refractivity contribution >= 4 is 5.84 Å². The first-order chi connectivity index (χ1) is 9.11. The summed E-state index contributed by atoms with van der Waals surface area (Å²) < 4.78 is 5.69. The van der Waals surface area contributed by atoms with Crippen LogP contribution in [0.1, 0.15) is 23.9 Å². The van der Waals surface area contributed by atoms with Crippen molar-refractivity contribution in [2.75, 3.05) is 0 Å². The number of aryl methyl sites for hydroxylation is 2. The number of hydrogen-bond acceptors (Lipinski definition) is 5. The number of hydrogen-bond donors (Lipinski definition) is 2. The summed E-state index contributed by atoms with van der Waals surface area (Å²) in [4.78, 5) is 4.40. The number of nitrogens with two attached hydrogens (primary N) is 1. The number of pyridine rings is 1. The van der Waals surface area contributed by atoms with Crippen LogP contribution in [0.25, 0.3) is 0 Å². The van der Waals surface area contributed by atoms with Crippen LogP contribution in [0.3, 0.4) is 0 Å². The van der Waals surface area contributed by atoms with Crippen LogP contribution in [0.2, 0.25) is 0 Å². The van der Waals surface area contributed by atoms with E-state index >= 15 is 0 Å². The van der Waals surface area contributed by atoms with Crippen LogP contribution in [-0.2, 0) is 6.42 Å². The van der Waals surface area contributed by atoms with Gasteiger partial charge in [0.2, 0.25) is 5.88 Å². The molecule has 0 amide bonds. The zero-order valence-electron chi connectivity index (χ0n) is 10.8. The zero-order valence-corrected chi connectivity index (χ0v) is 10.8. The van der Waals surface area contributed by atoms with E-state index in [2.05, 4.69) is 15.2 Å². The summed E-state index contributed by atoms with van der Waals surface area (Å²) in [6.45, 7) is 3.92. The molecular weight excluding hydrogens is 242 g/mol. The maximum Gasteiger partial charge on any atom is 0.249 e. The molecule has 3 N–H and O–H groups in total. The average Bonchev–Trinajstić information content (AvgIpc) is 2.41. The summed E-state index contributed by atoms with van der Waals surface area (Å²) in [5.74, 6) is 0.717. The minimum Gasteiger partial charge on any atom is -0.435 e. The Morgan fingerprint density at radius 2 is 2.16 bits per heavy atom. The van der Waals surface area contributed by atoms with Gasteiger partial charge in [-0.2, -0.15) is 5.10 Å². The quantitative estimate of drug-likeness (QED) is 0.643. The van der Waals surface area contributed by atoms with Gasteiger partial charge in [0.25, 0.3) is 0 Å². The van der Waals surface area contributed by atoms with Gasteiger partial charge in [-0.1, -0.05) is 6.92 Å². The second-order valence-electron chi connectivity index (χ2n) is 4.02. The van der Waals surface area contributed by atoms with Gasteiger partial charge in [-0.25, -0.2) is 0 Å². The van der Waals surface area contributed by atoms with Gasteiger partial charge in [-0.05, 0) is 31.5 Å². The van der Waals surface area contributed by atoms with Crippen molar-refractivity contribution in [1.82, 2.24) is 15.2 Å². The predicted molar refractivity (Wildman–Crippen MR) is 71.5 cm³/mol. The highest BCUT2D eigenvalue weighted by Gasteiger charge is 2.12. The van der Waals surface area contributed by atoms with Gasteiger partial charge >= 0.3 is 0 Å². The molecule has 0 saturated carbocycles. The Balaban J connectivity index is 2.39. The van der Waals surface area contributed by atoms with E-state index in [1.165, 1.54) is 6.20 Å². The molecule has 0 aromatic carbocycles. The summed E-state index contributed by atoms with van der Waals surface area (Å²) in [6, 6.07) is 5.29. The predicted octanol–water partition coefficient (Wildman–Crippen LogP) is 1.82. The maximum absolute atomic E-state index is 7.49. The highest BCUT2D eigenvalue weighted by molar-refractivity contribution is 5.96. The molecule has 0 saturated heterocycles. The first kappa shape index (κ1) is 12.9. The SMILES string of the molecule is CCc1nc(C)ccc1Oc1nnccc1C(=N)N. The smallest absolute Gasteiger partial charge is 0.249 e. The minimum atomic E-state index is -0.108. The van der Waals surface area contributed by atoms with Crippen LogP contribution in [0.15, 0.2) is 24.4 Å². The Labute approximate surface area is 111 Å². The van der Waals surface area contributed by atoms with Crippen LogP contribution in [0, 0.1) is 12.3 Å². The Morgan fingerprint density at radius 3 is 2.84 bits per heavy atom. The van der Waals surface area contributed by atoms with Crippen LogP contribution < -0.4 is 10.5 Å². The molecule has 0 radical (unpaired) electrons. The lowest BCUT2D eigenvalue weighted by atomic mass is 10.2. The van der Waals surface area contributed by atoms with Gasteiger partial charge in [0, 0.05) is 5.69 Å². The van der Waals surface area contributed by atoms with Crippen molar-refractivity contribution in [3.8, 4) is 11.6 Å². The standard InChI is InChI=1S/C13H15N5O/c1-3-10-11(5-4-8(2)17-10)19-13-9(12(14)15)6-7-16-18-13/h4-7H,3H2,1-2H3,(H3,14,15). The number of nitrogens with one attached hydrogen (secondary N) is 1. The Bertz CT molecular complexity index is 612. The molecule has 2 rings (SSSR count). The monoisotopic (exact) mass is 257 g/mol. The molecule has 19 heavy (non-hydrogen) atoms. The summed E-state index contributed by atoms with van der Waals surface area (Å²) in [6.07, 6.45) is 2.21. The molecule has 2 aromatic rings. The third-order valence-corrected chi connectivity index (χ3v) is 2.59. The highest BCUT2D eigenvalue weighted by atomic mass is 16.5. The average molecular weight is 257 g/mol. The highest BCUT2D eigenvalue weighted by Crippen LogP contribution is 2.25. The molecular formula is C13H15N5O. The molecule has 6 nitrogen and oxygen atoms in total. The van der Waals surface area contributed by atoms with Gasteiger partial charge < -0.3 is 10.5 Å². The lowest BCUT2D eigenvalue weighted by molar-refractivity contribution is 0.445. The number of rotatable bonds is 4. The molecule has 2 aromatic heterocycles. The first-order valence-corrected chi connectivity index (χ1v) is 5.92. The molecule has 98 valence electrons. The maximum atomic E-state index is 7.49. The Hall–Kier alpha value is -2.50. The van der Waals surface area contributed by atoms with Crippen molar-refractivity contribution < 1.29 is 4.74 Å². The fourth-order valence-corrected chi connectivity index (χ4v) is 1.65. The molecule has 6 heteroatoms. The van der Waals surface area contributed by atoms with Gasteiger partial charge in [0.15, 0.2) is 5.75 Å². The number of nitrogen functional groups attached to an aromatic ring is 1. The second-order valence-corrected chi connectivity index (χ2v) is 4.02. The van der Waals surface area contributed by atoms with E-state index in [1.807, 2.05) is 26.0 Å². The van der Waals surface area contributed by atoms with E-state index in [-0.39, 0.29) is 11.7 Å². The van der Waals surface area contributed by atoms with E-state index in [0.717, 1.165) is 17.8 Å². The number of nitrogens with zero attached hydrogens (tertiary/aromatic N) is 3. The van der Waals surface area contributed by atoms with Gasteiger partial charge in [-0.15, -0.1) is 5.10 Å². The molecule has 0 spiro atoms. The topological polar surface area (TPSA) is 97.8 Å². The summed E-state index contributed by atoms with van der Waals surface area (Å²) in [5.41, 5.74) is 7.66. The fraction of sp³-hybridized carbons (Fsp3) is 0.231. The van der Waals surface area contributed by atoms with Crippen molar-refractivity contribution in [3.05, 3.63) is 41.3 Å². The molecule has 0 atom stereocenters. The van der Waals surface area contributed by atoms with Crippen LogP contribution >= 0.6 is 0 Å². The van der Waals surface area contributed by atoms with E-state index in [0.29, 0.717) is 11.3 Å². The van der Waals surface area contributed by atoms with Gasteiger partial charge in [0.1, 0.15) is 5.84 Å². The molecule has 2 heterocycles. The minimum absolute atomic E-state index is 0.108. The van der Waals surface area contributed by atoms with Crippen molar-refractivity contribution in [1.29, 1.82) is 5.41 Å². The lowest BCUT2D eigenvalue weighted by Crippen LogP contribution is -2.13. The van der Waals surface area contributed by atoms with Crippen molar-refractivity contribution in [2.45, 2.75) is 20.3 Å². The molecule has 0 unspecified atom stereocenters. The Morgan fingerprint density at radius 1 is 1.37 bits per heavy atom. The Kier molecular flexibility index (Phi) is 3.70. The van der Waals surface area contributed by atoms with E-state index in [1.54, 1.807) is 6.07 Å². The molecule has 0 fully saturated rings. The van der Waals surface area contributed by atoms with Crippen LogP contribution in [0.5, 0.6) is 11.6 Å². The number of amidine groups is 1. The zero-order chi connectivity index (χ0) is 13.8. The van der Waals surface area contributed by atoms with Crippen molar-refractivity contribution in [3.63, 3.8) is 0 Å². The molecule has 0 bridgehead atoms. The van der Waals surface area contributed by atoms with Gasteiger partial charge in [-0.3, -0.25) is 10.4 Å². The van der Waals surface area contributed by atoms with E-state index in [4.69, 9.17) is 15.9 Å². The van der Waals surface area contributed by atoms with Crippen molar-refractivity contribution in [2.24, 2.45) is 5.73 Å². The van der Waals surface area contributed by atoms with Crippen LogP contribution in [0.4, 0.5) is 0 Å². The first-order valence-electron chi connectivity index (χ1n) is 5.92. The number of ether oxygens (including phenoxy) is 1. The normalized spacial score (nSPS) is 10.2. The largest absolute Gasteiger partial charge is 0.435 e. The van der Waals surface area contributed by atoms with Crippen LogP contribution in [-0.4, -0.2) is 21.0 Å². The van der Waals surface area contributed by atoms with E-state index < -0.39 is 0 Å². The lowest BCUT2D eigenvalue weighted by Gasteiger charge is -2.11. The van der Waals surface area contributed by atoms with Gasteiger partial charge in [0.05, 0.1) is 17.5 Å². The fourth-order valence-electron chi connectivity index (χ4n) is 1.65. The molecule has 0 aliphatic rings. The third-order valence-electron chi connectivity index (χ3n) is 2.59. The third kappa shape index (κ3) is 2.85.